The molecule has 1 N–H and O–H groups in total. The molecule has 0 radical (unpaired) electrons. The van der Waals surface area contributed by atoms with Crippen molar-refractivity contribution in [1.29, 1.82) is 0 Å². The minimum absolute atomic E-state index is 0.0834. The number of hydrogen-bond donors (Lipinski definition) is 1. The molecular weight excluding hydrogens is 306 g/mol. The van der Waals surface area contributed by atoms with Gasteiger partial charge >= 0.3 is 0 Å². The fraction of sp³-hybridized carbons (Fsp3) is 0.556. The number of methoxy groups -OCH3 is 1. The van der Waals surface area contributed by atoms with Gasteiger partial charge in [-0.15, -0.1) is 0 Å². The average Bonchev–Trinajstić information content (AvgIpc) is 2.61. The Morgan fingerprint density at radius 2 is 1.75 bits per heavy atom. The maximum atomic E-state index is 12.2. The molecular formula is C18H27N3O3. The molecule has 6 nitrogen and oxygen atoms in total. The lowest BCUT2D eigenvalue weighted by molar-refractivity contribution is -0.138. The molecule has 0 saturated carbocycles. The van der Waals surface area contributed by atoms with Crippen LogP contribution in [-0.4, -0.2) is 68.0 Å². The summed E-state index contributed by atoms with van der Waals surface area (Å²) in [6, 6.07) is 7.97. The lowest BCUT2D eigenvalue weighted by atomic mass is 10.1. The summed E-state index contributed by atoms with van der Waals surface area (Å²) >= 11 is 0. The van der Waals surface area contributed by atoms with Crippen LogP contribution in [0.2, 0.25) is 0 Å². The first-order chi connectivity index (χ1) is 11.6. The van der Waals surface area contributed by atoms with Gasteiger partial charge in [0.25, 0.3) is 0 Å². The van der Waals surface area contributed by atoms with E-state index in [1.54, 1.807) is 18.9 Å². The Morgan fingerprint density at radius 3 is 2.42 bits per heavy atom. The van der Waals surface area contributed by atoms with Gasteiger partial charge in [-0.05, 0) is 24.6 Å². The summed E-state index contributed by atoms with van der Waals surface area (Å²) in [4.78, 5) is 27.1. The van der Waals surface area contributed by atoms with Crippen LogP contribution in [0.25, 0.3) is 0 Å². The number of nitrogens with one attached hydrogen (secondary N) is 1. The van der Waals surface area contributed by atoms with Crippen LogP contribution in [0.15, 0.2) is 24.3 Å². The van der Waals surface area contributed by atoms with E-state index in [0.29, 0.717) is 39.1 Å². The number of ether oxygens (including phenoxy) is 1. The number of nitrogens with zero attached hydrogens (tertiary/aromatic N) is 2. The molecule has 132 valence electrons. The van der Waals surface area contributed by atoms with Gasteiger partial charge in [-0.1, -0.05) is 18.2 Å². The lowest BCUT2D eigenvalue weighted by Crippen LogP contribution is -2.50. The van der Waals surface area contributed by atoms with E-state index in [-0.39, 0.29) is 11.8 Å². The van der Waals surface area contributed by atoms with E-state index in [1.807, 2.05) is 23.1 Å². The van der Waals surface area contributed by atoms with Crippen LogP contribution in [0, 0.1) is 0 Å². The van der Waals surface area contributed by atoms with Crippen molar-refractivity contribution in [3.05, 3.63) is 29.8 Å². The summed E-state index contributed by atoms with van der Waals surface area (Å²) in [5.74, 6) is 1.14. The number of para-hydroxylation sites is 1. The second-order valence-electron chi connectivity index (χ2n) is 5.95. The van der Waals surface area contributed by atoms with Crippen molar-refractivity contribution >= 4 is 11.8 Å². The number of carbonyl (C=O) groups is 2. The molecule has 6 heteroatoms. The lowest BCUT2D eigenvalue weighted by Gasteiger charge is -2.34. The van der Waals surface area contributed by atoms with Crippen LogP contribution in [0.5, 0.6) is 5.75 Å². The zero-order valence-corrected chi connectivity index (χ0v) is 14.6. The molecule has 1 saturated heterocycles. The second-order valence-corrected chi connectivity index (χ2v) is 5.95. The first kappa shape index (κ1) is 18.3. The first-order valence-electron chi connectivity index (χ1n) is 8.47. The molecule has 1 heterocycles. The standard InChI is InChI=1S/C18H27N3O3/c1-15(22)20-11-13-21(14-12-20)18(23)8-10-19-9-7-16-5-3-4-6-17(16)24-2/h3-6,19H,7-14H2,1-2H3. The van der Waals surface area contributed by atoms with E-state index in [4.69, 9.17) is 4.74 Å². The summed E-state index contributed by atoms with van der Waals surface area (Å²) in [6.07, 6.45) is 1.36. The van der Waals surface area contributed by atoms with Gasteiger partial charge in [-0.2, -0.15) is 0 Å². The number of hydrogen-bond acceptors (Lipinski definition) is 4. The molecule has 0 unspecified atom stereocenters. The highest BCUT2D eigenvalue weighted by Gasteiger charge is 2.21. The Labute approximate surface area is 143 Å². The highest BCUT2D eigenvalue weighted by Crippen LogP contribution is 2.17. The van der Waals surface area contributed by atoms with Crippen LogP contribution >= 0.6 is 0 Å². The van der Waals surface area contributed by atoms with E-state index >= 15 is 0 Å². The number of amides is 2. The molecule has 2 amide bonds. The first-order valence-corrected chi connectivity index (χ1v) is 8.47. The molecule has 24 heavy (non-hydrogen) atoms. The fourth-order valence-electron chi connectivity index (χ4n) is 2.88. The molecule has 0 bridgehead atoms. The third kappa shape index (κ3) is 5.23. The zero-order chi connectivity index (χ0) is 17.4. The highest BCUT2D eigenvalue weighted by molar-refractivity contribution is 5.77. The van der Waals surface area contributed by atoms with Crippen LogP contribution in [0.3, 0.4) is 0 Å². The van der Waals surface area contributed by atoms with E-state index in [2.05, 4.69) is 11.4 Å². The second kappa shape index (κ2) is 9.27. The third-order valence-corrected chi connectivity index (χ3v) is 4.36. The van der Waals surface area contributed by atoms with E-state index in [1.165, 1.54) is 5.56 Å². The Kier molecular flexibility index (Phi) is 7.06. The monoisotopic (exact) mass is 333 g/mol. The van der Waals surface area contributed by atoms with Crippen LogP contribution < -0.4 is 10.1 Å². The molecule has 0 spiro atoms. The topological polar surface area (TPSA) is 61.9 Å². The maximum absolute atomic E-state index is 12.2. The minimum Gasteiger partial charge on any atom is -0.496 e. The van der Waals surface area contributed by atoms with E-state index < -0.39 is 0 Å². The van der Waals surface area contributed by atoms with Gasteiger partial charge in [0.15, 0.2) is 0 Å². The van der Waals surface area contributed by atoms with E-state index in [9.17, 15) is 9.59 Å². The van der Waals surface area contributed by atoms with Gasteiger partial charge in [-0.25, -0.2) is 0 Å². The van der Waals surface area contributed by atoms with Crippen molar-refractivity contribution in [1.82, 2.24) is 15.1 Å². The summed E-state index contributed by atoms with van der Waals surface area (Å²) in [6.45, 7) is 5.61. The molecule has 1 fully saturated rings. The maximum Gasteiger partial charge on any atom is 0.223 e. The quantitative estimate of drug-likeness (QED) is 0.754. The van der Waals surface area contributed by atoms with Crippen molar-refractivity contribution in [2.45, 2.75) is 19.8 Å². The van der Waals surface area contributed by atoms with E-state index in [0.717, 1.165) is 18.7 Å². The van der Waals surface area contributed by atoms with Crippen molar-refractivity contribution in [3.8, 4) is 5.75 Å². The summed E-state index contributed by atoms with van der Waals surface area (Å²) in [7, 11) is 1.68. The van der Waals surface area contributed by atoms with Crippen LogP contribution in [0.4, 0.5) is 0 Å². The number of benzene rings is 1. The Balaban J connectivity index is 1.62. The summed E-state index contributed by atoms with van der Waals surface area (Å²) < 4.78 is 5.33. The van der Waals surface area contributed by atoms with Crippen LogP contribution in [0.1, 0.15) is 18.9 Å². The van der Waals surface area contributed by atoms with Gasteiger partial charge in [0.1, 0.15) is 5.75 Å². The normalized spacial score (nSPS) is 14.6. The molecule has 1 aliphatic rings. The average molecular weight is 333 g/mol. The van der Waals surface area contributed by atoms with Crippen molar-refractivity contribution in [2.24, 2.45) is 0 Å². The number of piperazine rings is 1. The van der Waals surface area contributed by atoms with Crippen LogP contribution in [-0.2, 0) is 16.0 Å². The smallest absolute Gasteiger partial charge is 0.223 e. The number of rotatable bonds is 7. The van der Waals surface area contributed by atoms with Crippen molar-refractivity contribution < 1.29 is 14.3 Å². The number of carbonyl (C=O) groups excluding carboxylic acids is 2. The minimum atomic E-state index is 0.0834. The predicted octanol–water partition coefficient (Wildman–Crippen LogP) is 0.908. The van der Waals surface area contributed by atoms with Gasteiger partial charge in [0.05, 0.1) is 7.11 Å². The molecule has 0 aliphatic carbocycles. The summed E-state index contributed by atoms with van der Waals surface area (Å²) in [5.41, 5.74) is 1.17. The molecule has 1 aromatic carbocycles. The predicted molar refractivity (Wildman–Crippen MR) is 93.0 cm³/mol. The Bertz CT molecular complexity index is 554. The highest BCUT2D eigenvalue weighted by atomic mass is 16.5. The SMILES string of the molecule is COc1ccccc1CCNCCC(=O)N1CCN(C(C)=O)CC1. The molecule has 0 aromatic heterocycles. The molecule has 1 aliphatic heterocycles. The third-order valence-electron chi connectivity index (χ3n) is 4.36. The van der Waals surface area contributed by atoms with Gasteiger partial charge in [-0.3, -0.25) is 9.59 Å². The molecule has 1 aromatic rings. The zero-order valence-electron chi connectivity index (χ0n) is 14.6. The largest absolute Gasteiger partial charge is 0.496 e. The van der Waals surface area contributed by atoms with Gasteiger partial charge < -0.3 is 19.9 Å². The molecule has 0 atom stereocenters. The fourth-order valence-corrected chi connectivity index (χ4v) is 2.88. The summed E-state index contributed by atoms with van der Waals surface area (Å²) in [5, 5.41) is 3.31. The Morgan fingerprint density at radius 1 is 1.08 bits per heavy atom. The van der Waals surface area contributed by atoms with Gasteiger partial charge in [0, 0.05) is 46.1 Å². The van der Waals surface area contributed by atoms with Crippen molar-refractivity contribution in [3.63, 3.8) is 0 Å². The molecule has 2 rings (SSSR count). The van der Waals surface area contributed by atoms with Crippen molar-refractivity contribution in [2.75, 3.05) is 46.4 Å². The Hall–Kier alpha value is -2.08. The van der Waals surface area contributed by atoms with Gasteiger partial charge in [0.2, 0.25) is 11.8 Å².